The van der Waals surface area contributed by atoms with E-state index in [4.69, 9.17) is 0 Å². The molecule has 1 rings (SSSR count). The van der Waals surface area contributed by atoms with Crippen molar-refractivity contribution < 1.29 is 18.0 Å². The Bertz CT molecular complexity index is 438. The van der Waals surface area contributed by atoms with Crippen molar-refractivity contribution in [2.24, 2.45) is 0 Å². The van der Waals surface area contributed by atoms with Crippen molar-refractivity contribution in [3.63, 3.8) is 0 Å². The van der Waals surface area contributed by atoms with E-state index in [0.29, 0.717) is 5.56 Å². The average molecular weight is 259 g/mol. The lowest BCUT2D eigenvalue weighted by atomic mass is 9.93. The van der Waals surface area contributed by atoms with Crippen molar-refractivity contribution in [2.75, 3.05) is 7.05 Å². The molecule has 0 unspecified atom stereocenters. The van der Waals surface area contributed by atoms with Crippen LogP contribution in [0.5, 0.6) is 0 Å². The van der Waals surface area contributed by atoms with Gasteiger partial charge < -0.3 is 5.32 Å². The number of halogens is 3. The van der Waals surface area contributed by atoms with Gasteiger partial charge >= 0.3 is 6.18 Å². The van der Waals surface area contributed by atoms with E-state index in [-0.39, 0.29) is 12.2 Å². The molecule has 0 aliphatic heterocycles. The highest BCUT2D eigenvalue weighted by atomic mass is 19.4. The highest BCUT2D eigenvalue weighted by molar-refractivity contribution is 5.89. The van der Waals surface area contributed by atoms with Crippen LogP contribution in [0.25, 0.3) is 0 Å². The lowest BCUT2D eigenvalue weighted by Crippen LogP contribution is -2.45. The van der Waals surface area contributed by atoms with Crippen molar-refractivity contribution in [3.05, 3.63) is 35.4 Å². The maximum absolute atomic E-state index is 12.5. The van der Waals surface area contributed by atoms with Gasteiger partial charge in [0.2, 0.25) is 0 Å². The fourth-order valence-corrected chi connectivity index (χ4v) is 1.40. The number of carbonyl (C=O) groups excluding carboxylic acids is 1. The molecule has 5 heteroatoms. The molecule has 2 nitrogen and oxygen atoms in total. The number of carbonyl (C=O) groups is 1. The maximum atomic E-state index is 12.5. The predicted molar refractivity (Wildman–Crippen MR) is 63.3 cm³/mol. The zero-order chi connectivity index (χ0) is 14.0. The number of hydrogen-bond donors (Lipinski definition) is 1. The van der Waals surface area contributed by atoms with Crippen molar-refractivity contribution in [3.8, 4) is 0 Å². The Morgan fingerprint density at radius 1 is 1.28 bits per heavy atom. The van der Waals surface area contributed by atoms with Crippen LogP contribution in [-0.2, 0) is 17.4 Å². The summed E-state index contributed by atoms with van der Waals surface area (Å²) in [4.78, 5) is 11.9. The normalized spacial score (nSPS) is 12.6. The molecule has 0 amide bonds. The monoisotopic (exact) mass is 259 g/mol. The fourth-order valence-electron chi connectivity index (χ4n) is 1.40. The summed E-state index contributed by atoms with van der Waals surface area (Å²) in [6, 6.07) is 4.86. The number of Topliss-reactive ketones (excluding diaryl/α,β-unsaturated/α-hetero) is 1. The van der Waals surface area contributed by atoms with Crippen LogP contribution < -0.4 is 5.32 Å². The van der Waals surface area contributed by atoms with Gasteiger partial charge in [0, 0.05) is 6.42 Å². The number of nitrogens with one attached hydrogen (secondary N) is 1. The third kappa shape index (κ3) is 3.57. The fraction of sp³-hybridized carbons (Fsp3) is 0.462. The van der Waals surface area contributed by atoms with Gasteiger partial charge in [-0.15, -0.1) is 0 Å². The summed E-state index contributed by atoms with van der Waals surface area (Å²) in [6.07, 6.45) is -4.39. The highest BCUT2D eigenvalue weighted by Gasteiger charge is 2.31. The molecule has 1 aromatic rings. The van der Waals surface area contributed by atoms with Gasteiger partial charge in [0.05, 0.1) is 11.1 Å². The molecule has 0 fully saturated rings. The lowest BCUT2D eigenvalue weighted by Gasteiger charge is -2.22. The number of rotatable bonds is 4. The minimum Gasteiger partial charge on any atom is -0.308 e. The Hall–Kier alpha value is -1.36. The maximum Gasteiger partial charge on any atom is 0.416 e. The van der Waals surface area contributed by atoms with Crippen LogP contribution in [0.3, 0.4) is 0 Å². The summed E-state index contributed by atoms with van der Waals surface area (Å²) in [5.41, 5.74) is -1.10. The SMILES string of the molecule is CNC(C)(C)C(=O)Cc1cccc(C(F)(F)F)c1. The molecule has 1 N–H and O–H groups in total. The van der Waals surface area contributed by atoms with E-state index in [2.05, 4.69) is 5.32 Å². The summed E-state index contributed by atoms with van der Waals surface area (Å²) in [5.74, 6) is -0.149. The van der Waals surface area contributed by atoms with Crippen molar-refractivity contribution in [2.45, 2.75) is 32.0 Å². The largest absolute Gasteiger partial charge is 0.416 e. The molecule has 0 saturated carbocycles. The van der Waals surface area contributed by atoms with Crippen LogP contribution in [0.2, 0.25) is 0 Å². The number of alkyl halides is 3. The standard InChI is InChI=1S/C13H16F3NO/c1-12(2,17-3)11(18)8-9-5-4-6-10(7-9)13(14,15)16/h4-7,17H,8H2,1-3H3. The molecule has 100 valence electrons. The van der Waals surface area contributed by atoms with Crippen LogP contribution >= 0.6 is 0 Å². The third-order valence-corrected chi connectivity index (χ3v) is 2.94. The van der Waals surface area contributed by atoms with E-state index >= 15 is 0 Å². The van der Waals surface area contributed by atoms with Crippen LogP contribution in [0.15, 0.2) is 24.3 Å². The van der Waals surface area contributed by atoms with Crippen molar-refractivity contribution in [1.29, 1.82) is 0 Å². The zero-order valence-electron chi connectivity index (χ0n) is 10.6. The van der Waals surface area contributed by atoms with E-state index in [1.54, 1.807) is 20.9 Å². The zero-order valence-corrected chi connectivity index (χ0v) is 10.6. The lowest BCUT2D eigenvalue weighted by molar-refractivity contribution is -0.137. The van der Waals surface area contributed by atoms with Gasteiger partial charge in [-0.2, -0.15) is 13.2 Å². The van der Waals surface area contributed by atoms with Crippen LogP contribution in [0, 0.1) is 0 Å². The first-order chi connectivity index (χ1) is 8.16. The summed E-state index contributed by atoms with van der Waals surface area (Å²) < 4.78 is 37.5. The van der Waals surface area contributed by atoms with Crippen molar-refractivity contribution in [1.82, 2.24) is 5.32 Å². The topological polar surface area (TPSA) is 29.1 Å². The summed E-state index contributed by atoms with van der Waals surface area (Å²) in [7, 11) is 1.64. The first-order valence-corrected chi connectivity index (χ1v) is 5.55. The smallest absolute Gasteiger partial charge is 0.308 e. The van der Waals surface area contributed by atoms with Crippen molar-refractivity contribution >= 4 is 5.78 Å². The van der Waals surface area contributed by atoms with E-state index in [1.807, 2.05) is 0 Å². The van der Waals surface area contributed by atoms with Gasteiger partial charge in [0.25, 0.3) is 0 Å². The van der Waals surface area contributed by atoms with Gasteiger partial charge in [-0.3, -0.25) is 4.79 Å². The van der Waals surface area contributed by atoms with Gasteiger partial charge in [-0.05, 0) is 32.5 Å². The highest BCUT2D eigenvalue weighted by Crippen LogP contribution is 2.29. The van der Waals surface area contributed by atoms with Gasteiger partial charge in [-0.1, -0.05) is 18.2 Å². The van der Waals surface area contributed by atoms with Crippen LogP contribution in [-0.4, -0.2) is 18.4 Å². The predicted octanol–water partition coefficient (Wildman–Crippen LogP) is 2.82. The molecule has 0 aromatic heterocycles. The summed E-state index contributed by atoms with van der Waals surface area (Å²) in [5, 5.41) is 2.83. The molecule has 0 aliphatic rings. The van der Waals surface area contributed by atoms with Crippen LogP contribution in [0.4, 0.5) is 13.2 Å². The average Bonchev–Trinajstić information content (AvgIpc) is 2.28. The molecule has 1 aromatic carbocycles. The third-order valence-electron chi connectivity index (χ3n) is 2.94. The molecule has 18 heavy (non-hydrogen) atoms. The van der Waals surface area contributed by atoms with Gasteiger partial charge in [0.1, 0.15) is 0 Å². The minimum absolute atomic E-state index is 0.0161. The van der Waals surface area contributed by atoms with E-state index in [1.165, 1.54) is 12.1 Å². The first kappa shape index (κ1) is 14.7. The second kappa shape index (κ2) is 5.10. The Morgan fingerprint density at radius 3 is 2.39 bits per heavy atom. The Balaban J connectivity index is 2.90. The van der Waals surface area contributed by atoms with E-state index < -0.39 is 17.3 Å². The molecule has 0 saturated heterocycles. The van der Waals surface area contributed by atoms with Gasteiger partial charge in [0.15, 0.2) is 5.78 Å². The number of hydrogen-bond acceptors (Lipinski definition) is 2. The Morgan fingerprint density at radius 2 is 1.89 bits per heavy atom. The molecule has 0 aliphatic carbocycles. The second-order valence-corrected chi connectivity index (χ2v) is 4.67. The van der Waals surface area contributed by atoms with Crippen LogP contribution in [0.1, 0.15) is 25.0 Å². The Kier molecular flexibility index (Phi) is 4.16. The second-order valence-electron chi connectivity index (χ2n) is 4.67. The van der Waals surface area contributed by atoms with E-state index in [0.717, 1.165) is 12.1 Å². The molecule has 0 atom stereocenters. The Labute approximate surface area is 104 Å². The molecule has 0 radical (unpaired) electrons. The molecular formula is C13H16F3NO. The molecule has 0 spiro atoms. The number of ketones is 1. The van der Waals surface area contributed by atoms with Gasteiger partial charge in [-0.25, -0.2) is 0 Å². The molecule has 0 heterocycles. The number of likely N-dealkylation sites (N-methyl/N-ethyl adjacent to an activating group) is 1. The quantitative estimate of drug-likeness (QED) is 0.900. The molecular weight excluding hydrogens is 243 g/mol. The summed E-state index contributed by atoms with van der Waals surface area (Å²) >= 11 is 0. The minimum atomic E-state index is -4.38. The van der Waals surface area contributed by atoms with E-state index in [9.17, 15) is 18.0 Å². The number of benzene rings is 1. The summed E-state index contributed by atoms with van der Waals surface area (Å²) in [6.45, 7) is 3.39. The first-order valence-electron chi connectivity index (χ1n) is 5.55. The molecule has 0 bridgehead atoms.